The minimum Gasteiger partial charge on any atom is -0.397 e. The van der Waals surface area contributed by atoms with Crippen molar-refractivity contribution in [3.8, 4) is 0 Å². The molecule has 0 atom stereocenters. The first kappa shape index (κ1) is 20.9. The number of rotatable bonds is 6. The van der Waals surface area contributed by atoms with E-state index in [0.717, 1.165) is 34.7 Å². The van der Waals surface area contributed by atoms with E-state index >= 15 is 0 Å². The van der Waals surface area contributed by atoms with Gasteiger partial charge in [-0.05, 0) is 48.4 Å². The van der Waals surface area contributed by atoms with Gasteiger partial charge in [-0.25, -0.2) is 0 Å². The van der Waals surface area contributed by atoms with Crippen LogP contribution in [0.3, 0.4) is 0 Å². The van der Waals surface area contributed by atoms with E-state index in [9.17, 15) is 13.2 Å². The summed E-state index contributed by atoms with van der Waals surface area (Å²) in [4.78, 5) is 1.58. The maximum absolute atomic E-state index is 12.8. The Morgan fingerprint density at radius 1 is 0.966 bits per heavy atom. The lowest BCUT2D eigenvalue weighted by Crippen LogP contribution is -2.04. The molecule has 0 aromatic heterocycles. The maximum atomic E-state index is 12.8. The van der Waals surface area contributed by atoms with Gasteiger partial charge in [0.1, 0.15) is 0 Å². The van der Waals surface area contributed by atoms with Gasteiger partial charge in [0.15, 0.2) is 0 Å². The first-order valence-electron chi connectivity index (χ1n) is 9.13. The van der Waals surface area contributed by atoms with Crippen LogP contribution in [0.4, 0.5) is 18.9 Å². The lowest BCUT2D eigenvalue weighted by atomic mass is 10.1. The first-order valence-corrected chi connectivity index (χ1v) is 9.94. The number of nitrogens with two attached hydrogens (primary N) is 1. The molecule has 0 unspecified atom stereocenters. The van der Waals surface area contributed by atoms with E-state index in [1.54, 1.807) is 6.20 Å². The molecule has 0 radical (unpaired) electrons. The Balaban J connectivity index is 1.81. The number of aryl methyl sites for hydroxylation is 1. The maximum Gasteiger partial charge on any atom is 0.416 e. The fourth-order valence-corrected chi connectivity index (χ4v) is 3.80. The van der Waals surface area contributed by atoms with Gasteiger partial charge in [0.05, 0.1) is 11.3 Å². The van der Waals surface area contributed by atoms with E-state index in [4.69, 9.17) is 5.73 Å². The van der Waals surface area contributed by atoms with Crippen LogP contribution in [0.25, 0.3) is 5.70 Å². The SMILES string of the molecule is CCc1ccccc1N/C=C(\N)c1ccccc1Sc1ccc(C(F)(F)F)cc1. The molecule has 3 aromatic carbocycles. The standard InChI is InChI=1S/C23H21F3N2S/c1-2-16-7-3-5-9-21(16)28-15-20(27)19-8-4-6-10-22(19)29-18-13-11-17(12-14-18)23(24,25)26/h3-15,28H,2,27H2,1H3/b20-15-. The van der Waals surface area contributed by atoms with E-state index in [2.05, 4.69) is 18.3 Å². The summed E-state index contributed by atoms with van der Waals surface area (Å²) in [6, 6.07) is 20.7. The van der Waals surface area contributed by atoms with Gasteiger partial charge >= 0.3 is 6.18 Å². The first-order chi connectivity index (χ1) is 13.9. The summed E-state index contributed by atoms with van der Waals surface area (Å²) in [6.45, 7) is 2.09. The Kier molecular flexibility index (Phi) is 6.54. The molecule has 0 aliphatic rings. The van der Waals surface area contributed by atoms with Crippen LogP contribution < -0.4 is 11.1 Å². The Labute approximate surface area is 172 Å². The van der Waals surface area contributed by atoms with Crippen molar-refractivity contribution < 1.29 is 13.2 Å². The molecule has 0 saturated carbocycles. The van der Waals surface area contributed by atoms with Crippen LogP contribution in [0.2, 0.25) is 0 Å². The van der Waals surface area contributed by atoms with Crippen LogP contribution in [0, 0.1) is 0 Å². The Morgan fingerprint density at radius 2 is 1.62 bits per heavy atom. The molecule has 0 heterocycles. The van der Waals surface area contributed by atoms with Gasteiger partial charge in [0, 0.05) is 27.2 Å². The van der Waals surface area contributed by atoms with Gasteiger partial charge in [0.25, 0.3) is 0 Å². The second-order valence-corrected chi connectivity index (χ2v) is 7.49. The van der Waals surface area contributed by atoms with E-state index in [0.29, 0.717) is 10.6 Å². The van der Waals surface area contributed by atoms with E-state index < -0.39 is 11.7 Å². The van der Waals surface area contributed by atoms with Crippen molar-refractivity contribution in [1.29, 1.82) is 0 Å². The van der Waals surface area contributed by atoms with Crippen LogP contribution in [0.1, 0.15) is 23.6 Å². The molecule has 29 heavy (non-hydrogen) atoms. The number of hydrogen-bond acceptors (Lipinski definition) is 3. The van der Waals surface area contributed by atoms with Crippen molar-refractivity contribution in [3.63, 3.8) is 0 Å². The van der Waals surface area contributed by atoms with Gasteiger partial charge in [0.2, 0.25) is 0 Å². The molecule has 0 aliphatic heterocycles. The van der Waals surface area contributed by atoms with Crippen LogP contribution in [-0.4, -0.2) is 0 Å². The summed E-state index contributed by atoms with van der Waals surface area (Å²) < 4.78 is 38.3. The second-order valence-electron chi connectivity index (χ2n) is 6.38. The Bertz CT molecular complexity index is 996. The lowest BCUT2D eigenvalue weighted by molar-refractivity contribution is -0.137. The minimum absolute atomic E-state index is 0.547. The number of nitrogens with one attached hydrogen (secondary N) is 1. The molecule has 6 heteroatoms. The fraction of sp³-hybridized carbons (Fsp3) is 0.130. The second kappa shape index (κ2) is 9.09. The third-order valence-electron chi connectivity index (χ3n) is 4.39. The molecule has 0 saturated heterocycles. The molecule has 0 aliphatic carbocycles. The van der Waals surface area contributed by atoms with E-state index in [1.807, 2.05) is 42.5 Å². The molecule has 2 nitrogen and oxygen atoms in total. The third-order valence-corrected chi connectivity index (χ3v) is 5.47. The Hall–Kier alpha value is -2.86. The van der Waals surface area contributed by atoms with Crippen molar-refractivity contribution in [3.05, 3.63) is 95.7 Å². The smallest absolute Gasteiger partial charge is 0.397 e. The van der Waals surface area contributed by atoms with Gasteiger partial charge in [-0.2, -0.15) is 13.2 Å². The highest BCUT2D eigenvalue weighted by Crippen LogP contribution is 2.35. The van der Waals surface area contributed by atoms with Crippen molar-refractivity contribution in [2.45, 2.75) is 29.3 Å². The van der Waals surface area contributed by atoms with Gasteiger partial charge in [-0.1, -0.05) is 55.1 Å². The number of benzene rings is 3. The van der Waals surface area contributed by atoms with Crippen LogP contribution in [0.15, 0.2) is 88.8 Å². The number of para-hydroxylation sites is 1. The molecule has 150 valence electrons. The molecule has 3 aromatic rings. The summed E-state index contributed by atoms with van der Waals surface area (Å²) in [7, 11) is 0. The normalized spacial score (nSPS) is 12.1. The molecular formula is C23H21F3N2S. The molecule has 0 spiro atoms. The molecule has 3 rings (SSSR count). The number of halogens is 3. The van der Waals surface area contributed by atoms with E-state index in [-0.39, 0.29) is 0 Å². The summed E-state index contributed by atoms with van der Waals surface area (Å²) in [5.41, 5.74) is 9.19. The highest BCUT2D eigenvalue weighted by Gasteiger charge is 2.29. The van der Waals surface area contributed by atoms with Gasteiger partial charge < -0.3 is 11.1 Å². The van der Waals surface area contributed by atoms with Gasteiger partial charge in [-0.15, -0.1) is 0 Å². The van der Waals surface area contributed by atoms with Crippen molar-refractivity contribution in [1.82, 2.24) is 0 Å². The zero-order valence-electron chi connectivity index (χ0n) is 15.8. The average molecular weight is 414 g/mol. The quantitative estimate of drug-likeness (QED) is 0.466. The zero-order valence-corrected chi connectivity index (χ0v) is 16.6. The molecular weight excluding hydrogens is 393 g/mol. The van der Waals surface area contributed by atoms with Crippen LogP contribution in [-0.2, 0) is 12.6 Å². The summed E-state index contributed by atoms with van der Waals surface area (Å²) in [6.07, 6.45) is -1.69. The number of alkyl halides is 3. The number of hydrogen-bond donors (Lipinski definition) is 2. The Morgan fingerprint density at radius 3 is 2.31 bits per heavy atom. The molecule has 3 N–H and O–H groups in total. The monoisotopic (exact) mass is 414 g/mol. The summed E-state index contributed by atoms with van der Waals surface area (Å²) >= 11 is 1.38. The minimum atomic E-state index is -4.34. The predicted octanol–water partition coefficient (Wildman–Crippen LogP) is 6.79. The molecule has 0 amide bonds. The summed E-state index contributed by atoms with van der Waals surface area (Å²) in [5, 5.41) is 3.26. The average Bonchev–Trinajstić information content (AvgIpc) is 2.72. The van der Waals surface area contributed by atoms with E-state index in [1.165, 1.54) is 29.5 Å². The zero-order chi connectivity index (χ0) is 20.9. The summed E-state index contributed by atoms with van der Waals surface area (Å²) in [5.74, 6) is 0. The fourth-order valence-electron chi connectivity index (χ4n) is 2.84. The topological polar surface area (TPSA) is 38.0 Å². The van der Waals surface area contributed by atoms with Crippen molar-refractivity contribution in [2.24, 2.45) is 5.73 Å². The van der Waals surface area contributed by atoms with Gasteiger partial charge in [-0.3, -0.25) is 0 Å². The molecule has 0 fully saturated rings. The largest absolute Gasteiger partial charge is 0.416 e. The van der Waals surface area contributed by atoms with Crippen molar-refractivity contribution >= 4 is 23.1 Å². The highest BCUT2D eigenvalue weighted by molar-refractivity contribution is 7.99. The highest BCUT2D eigenvalue weighted by atomic mass is 32.2. The predicted molar refractivity (Wildman–Crippen MR) is 114 cm³/mol. The van der Waals surface area contributed by atoms with Crippen molar-refractivity contribution in [2.75, 3.05) is 5.32 Å². The lowest BCUT2D eigenvalue weighted by Gasteiger charge is -2.12. The number of anilines is 1. The van der Waals surface area contributed by atoms with Crippen LogP contribution in [0.5, 0.6) is 0 Å². The molecule has 0 bridgehead atoms. The third kappa shape index (κ3) is 5.35. The van der Waals surface area contributed by atoms with Crippen LogP contribution >= 0.6 is 11.8 Å².